The molecule has 3 rings (SSSR count). The van der Waals surface area contributed by atoms with E-state index in [1.54, 1.807) is 22.7 Å². The molecule has 0 aliphatic rings. The molecule has 0 aliphatic carbocycles. The smallest absolute Gasteiger partial charge is 0.190 e. The van der Waals surface area contributed by atoms with Crippen molar-refractivity contribution in [2.24, 2.45) is 12.0 Å². The van der Waals surface area contributed by atoms with Crippen molar-refractivity contribution in [2.75, 3.05) is 0 Å². The van der Waals surface area contributed by atoms with E-state index in [4.69, 9.17) is 11.6 Å². The summed E-state index contributed by atoms with van der Waals surface area (Å²) in [7, 11) is 2.03. The Labute approximate surface area is 124 Å². The highest BCUT2D eigenvalue weighted by Crippen LogP contribution is 2.30. The van der Waals surface area contributed by atoms with Crippen molar-refractivity contribution >= 4 is 40.0 Å². The SMILES string of the molecule is Cn1c(-c2ccc(Cl)s2)csc1=Nc1ccccc1. The van der Waals surface area contributed by atoms with E-state index in [1.807, 2.05) is 49.5 Å². The average Bonchev–Trinajstić information content (AvgIpc) is 2.99. The van der Waals surface area contributed by atoms with Crippen molar-refractivity contribution < 1.29 is 0 Å². The van der Waals surface area contributed by atoms with Gasteiger partial charge in [-0.3, -0.25) is 0 Å². The Morgan fingerprint density at radius 2 is 1.89 bits per heavy atom. The standard InChI is InChI=1S/C14H11ClN2S2/c1-17-11(12-7-8-13(15)19-12)9-18-14(17)16-10-5-3-2-4-6-10/h2-9H,1H3. The highest BCUT2D eigenvalue weighted by atomic mass is 35.5. The number of hydrogen-bond donors (Lipinski definition) is 0. The molecule has 0 bridgehead atoms. The maximum atomic E-state index is 5.99. The fraction of sp³-hybridized carbons (Fsp3) is 0.0714. The maximum Gasteiger partial charge on any atom is 0.190 e. The van der Waals surface area contributed by atoms with Crippen molar-refractivity contribution in [3.8, 4) is 10.6 Å². The van der Waals surface area contributed by atoms with Crippen LogP contribution in [0.5, 0.6) is 0 Å². The second kappa shape index (κ2) is 5.33. The van der Waals surface area contributed by atoms with Gasteiger partial charge in [0.2, 0.25) is 0 Å². The molecule has 0 saturated heterocycles. The maximum absolute atomic E-state index is 5.99. The summed E-state index contributed by atoms with van der Waals surface area (Å²) >= 11 is 9.21. The normalized spacial score (nSPS) is 12.0. The van der Waals surface area contributed by atoms with E-state index in [2.05, 4.69) is 14.9 Å². The fourth-order valence-corrected chi connectivity index (χ4v) is 3.85. The van der Waals surface area contributed by atoms with E-state index < -0.39 is 0 Å². The van der Waals surface area contributed by atoms with Gasteiger partial charge in [0, 0.05) is 12.4 Å². The number of para-hydroxylation sites is 1. The Bertz CT molecular complexity index is 753. The van der Waals surface area contributed by atoms with Crippen LogP contribution in [-0.2, 0) is 7.05 Å². The highest BCUT2D eigenvalue weighted by molar-refractivity contribution is 7.19. The van der Waals surface area contributed by atoms with Crippen LogP contribution in [0.1, 0.15) is 0 Å². The number of nitrogens with zero attached hydrogens (tertiary/aromatic N) is 2. The van der Waals surface area contributed by atoms with Crippen LogP contribution in [0.3, 0.4) is 0 Å². The summed E-state index contributed by atoms with van der Waals surface area (Å²) < 4.78 is 2.91. The summed E-state index contributed by atoms with van der Waals surface area (Å²) in [6.07, 6.45) is 0. The summed E-state index contributed by atoms with van der Waals surface area (Å²) in [5.74, 6) is 0. The van der Waals surface area contributed by atoms with Crippen LogP contribution >= 0.6 is 34.3 Å². The van der Waals surface area contributed by atoms with Gasteiger partial charge < -0.3 is 4.57 Å². The summed E-state index contributed by atoms with van der Waals surface area (Å²) in [5.41, 5.74) is 2.12. The lowest BCUT2D eigenvalue weighted by Crippen LogP contribution is -2.10. The molecule has 0 saturated carbocycles. The molecular weight excluding hydrogens is 296 g/mol. The molecule has 0 atom stereocenters. The average molecular weight is 307 g/mol. The zero-order valence-corrected chi connectivity index (χ0v) is 12.6. The third-order valence-corrected chi connectivity index (χ3v) is 4.90. The van der Waals surface area contributed by atoms with Crippen molar-refractivity contribution in [3.63, 3.8) is 0 Å². The Morgan fingerprint density at radius 3 is 2.58 bits per heavy atom. The molecule has 5 heteroatoms. The number of halogens is 1. The molecule has 1 aromatic carbocycles. The quantitative estimate of drug-likeness (QED) is 0.653. The molecule has 2 nitrogen and oxygen atoms in total. The molecular formula is C14H11ClN2S2. The van der Waals surface area contributed by atoms with Gasteiger partial charge >= 0.3 is 0 Å². The molecule has 0 radical (unpaired) electrons. The van der Waals surface area contributed by atoms with Gasteiger partial charge in [-0.1, -0.05) is 29.8 Å². The van der Waals surface area contributed by atoms with Crippen LogP contribution in [0.2, 0.25) is 4.34 Å². The van der Waals surface area contributed by atoms with Gasteiger partial charge in [0.15, 0.2) is 4.80 Å². The van der Waals surface area contributed by atoms with Crippen LogP contribution in [-0.4, -0.2) is 4.57 Å². The molecule has 0 N–H and O–H groups in total. The van der Waals surface area contributed by atoms with E-state index in [0.29, 0.717) is 0 Å². The molecule has 2 heterocycles. The van der Waals surface area contributed by atoms with Crippen LogP contribution in [0.25, 0.3) is 10.6 Å². The molecule has 96 valence electrons. The Balaban J connectivity index is 2.07. The van der Waals surface area contributed by atoms with Crippen LogP contribution < -0.4 is 4.80 Å². The minimum atomic E-state index is 0.808. The van der Waals surface area contributed by atoms with Crippen molar-refractivity contribution in [3.05, 3.63) is 57.0 Å². The van der Waals surface area contributed by atoms with Crippen molar-refractivity contribution in [2.45, 2.75) is 0 Å². The topological polar surface area (TPSA) is 17.3 Å². The molecule has 0 spiro atoms. The monoisotopic (exact) mass is 306 g/mol. The Hall–Kier alpha value is -1.36. The lowest BCUT2D eigenvalue weighted by molar-refractivity contribution is 0.885. The van der Waals surface area contributed by atoms with E-state index in [-0.39, 0.29) is 0 Å². The zero-order chi connectivity index (χ0) is 13.2. The number of hydrogen-bond acceptors (Lipinski definition) is 3. The van der Waals surface area contributed by atoms with Gasteiger partial charge in [-0.2, -0.15) is 0 Å². The first-order chi connectivity index (χ1) is 9.24. The number of benzene rings is 1. The molecule has 0 amide bonds. The number of rotatable bonds is 2. The minimum absolute atomic E-state index is 0.808. The van der Waals surface area contributed by atoms with Crippen molar-refractivity contribution in [1.29, 1.82) is 0 Å². The van der Waals surface area contributed by atoms with Gasteiger partial charge in [0.25, 0.3) is 0 Å². The summed E-state index contributed by atoms with van der Waals surface area (Å²) in [6.45, 7) is 0. The van der Waals surface area contributed by atoms with Crippen LogP contribution in [0.4, 0.5) is 5.69 Å². The van der Waals surface area contributed by atoms with Gasteiger partial charge in [0.05, 0.1) is 20.6 Å². The van der Waals surface area contributed by atoms with Gasteiger partial charge in [0.1, 0.15) is 0 Å². The van der Waals surface area contributed by atoms with Gasteiger partial charge in [-0.15, -0.1) is 22.7 Å². The zero-order valence-electron chi connectivity index (χ0n) is 10.2. The molecule has 19 heavy (non-hydrogen) atoms. The van der Waals surface area contributed by atoms with E-state index >= 15 is 0 Å². The first kappa shape index (κ1) is 12.7. The number of aromatic nitrogens is 1. The Morgan fingerprint density at radius 1 is 1.11 bits per heavy atom. The predicted molar refractivity (Wildman–Crippen MR) is 83.3 cm³/mol. The summed E-state index contributed by atoms with van der Waals surface area (Å²) in [6, 6.07) is 13.9. The Kier molecular flexibility index (Phi) is 3.55. The largest absolute Gasteiger partial charge is 0.319 e. The first-order valence-electron chi connectivity index (χ1n) is 5.74. The lowest BCUT2D eigenvalue weighted by Gasteiger charge is -1.98. The second-order valence-electron chi connectivity index (χ2n) is 4.01. The number of thiazole rings is 1. The van der Waals surface area contributed by atoms with E-state index in [9.17, 15) is 0 Å². The van der Waals surface area contributed by atoms with E-state index in [0.717, 1.165) is 20.5 Å². The molecule has 3 aromatic rings. The fourth-order valence-electron chi connectivity index (χ4n) is 1.76. The molecule has 0 unspecified atom stereocenters. The molecule has 0 fully saturated rings. The molecule has 2 aromatic heterocycles. The highest BCUT2D eigenvalue weighted by Gasteiger charge is 2.07. The van der Waals surface area contributed by atoms with Crippen molar-refractivity contribution in [1.82, 2.24) is 4.57 Å². The minimum Gasteiger partial charge on any atom is -0.319 e. The van der Waals surface area contributed by atoms with Gasteiger partial charge in [-0.25, -0.2) is 4.99 Å². The molecule has 0 aliphatic heterocycles. The number of thiophene rings is 1. The predicted octanol–water partition coefficient (Wildman–Crippen LogP) is 4.70. The first-order valence-corrected chi connectivity index (χ1v) is 7.81. The second-order valence-corrected chi connectivity index (χ2v) is 6.57. The van der Waals surface area contributed by atoms with Crippen LogP contribution in [0.15, 0.2) is 52.8 Å². The lowest BCUT2D eigenvalue weighted by atomic mass is 10.3. The summed E-state index contributed by atoms with van der Waals surface area (Å²) in [5, 5.41) is 2.12. The third kappa shape index (κ3) is 2.66. The van der Waals surface area contributed by atoms with Gasteiger partial charge in [-0.05, 0) is 24.3 Å². The third-order valence-electron chi connectivity index (χ3n) is 2.73. The van der Waals surface area contributed by atoms with Crippen LogP contribution in [0, 0.1) is 0 Å². The summed E-state index contributed by atoms with van der Waals surface area (Å²) in [4.78, 5) is 6.79. The van der Waals surface area contributed by atoms with E-state index in [1.165, 1.54) is 4.88 Å².